The van der Waals surface area contributed by atoms with Gasteiger partial charge in [0.25, 0.3) is 10.0 Å². The van der Waals surface area contributed by atoms with Crippen LogP contribution >= 0.6 is 11.6 Å². The number of alkyl halides is 3. The zero-order valence-electron chi connectivity index (χ0n) is 20.0. The Morgan fingerprint density at radius 2 is 1.70 bits per heavy atom. The van der Waals surface area contributed by atoms with Crippen LogP contribution in [0, 0.1) is 0 Å². The summed E-state index contributed by atoms with van der Waals surface area (Å²) < 4.78 is 72.9. The molecule has 11 heteroatoms. The number of rotatable bonds is 11. The van der Waals surface area contributed by atoms with Crippen LogP contribution in [-0.4, -0.2) is 34.0 Å². The van der Waals surface area contributed by atoms with Gasteiger partial charge in [-0.1, -0.05) is 55.3 Å². The topological polar surface area (TPSA) is 75.7 Å². The second-order valence-electron chi connectivity index (χ2n) is 8.08. The number of ether oxygens (including phenoxy) is 1. The van der Waals surface area contributed by atoms with E-state index in [1.807, 2.05) is 24.3 Å². The monoisotopic (exact) mass is 554 g/mol. The Morgan fingerprint density at radius 1 is 1.03 bits per heavy atom. The van der Waals surface area contributed by atoms with Gasteiger partial charge in [0.1, 0.15) is 18.9 Å². The van der Waals surface area contributed by atoms with Crippen molar-refractivity contribution in [3.05, 3.63) is 88.9 Å². The lowest BCUT2D eigenvalue weighted by Gasteiger charge is -2.25. The molecule has 0 aliphatic rings. The Hall–Kier alpha value is -3.24. The average molecular weight is 555 g/mol. The molecule has 3 aromatic carbocycles. The molecule has 1 amide bonds. The van der Waals surface area contributed by atoms with Gasteiger partial charge >= 0.3 is 6.18 Å². The molecule has 0 aromatic heterocycles. The normalized spacial score (nSPS) is 11.7. The van der Waals surface area contributed by atoms with Gasteiger partial charge in [-0.15, -0.1) is 0 Å². The molecule has 3 aromatic rings. The third-order valence-corrected chi connectivity index (χ3v) is 7.41. The summed E-state index contributed by atoms with van der Waals surface area (Å²) in [6.07, 6.45) is -2.76. The van der Waals surface area contributed by atoms with Gasteiger partial charge in [0.2, 0.25) is 5.91 Å². The number of aryl methyl sites for hydroxylation is 1. The Balaban J connectivity index is 1.76. The van der Waals surface area contributed by atoms with E-state index in [9.17, 15) is 26.4 Å². The van der Waals surface area contributed by atoms with Crippen LogP contribution in [0.4, 0.5) is 18.9 Å². The third-order valence-electron chi connectivity index (χ3n) is 5.32. The minimum Gasteiger partial charge on any atom is -0.492 e. The predicted molar refractivity (Wildman–Crippen MR) is 136 cm³/mol. The first-order chi connectivity index (χ1) is 17.5. The van der Waals surface area contributed by atoms with Gasteiger partial charge in [-0.05, 0) is 54.4 Å². The number of hydrogen-bond acceptors (Lipinski definition) is 4. The summed E-state index contributed by atoms with van der Waals surface area (Å²) in [5.74, 6) is -0.131. The highest BCUT2D eigenvalue weighted by Gasteiger charge is 2.34. The van der Waals surface area contributed by atoms with E-state index in [1.165, 1.54) is 29.8 Å². The fourth-order valence-electron chi connectivity index (χ4n) is 3.49. The quantitative estimate of drug-likeness (QED) is 0.308. The van der Waals surface area contributed by atoms with E-state index in [-0.39, 0.29) is 23.1 Å². The number of sulfonamides is 1. The summed E-state index contributed by atoms with van der Waals surface area (Å²) >= 11 is 6.12. The van der Waals surface area contributed by atoms with Crippen molar-refractivity contribution in [2.45, 2.75) is 30.8 Å². The van der Waals surface area contributed by atoms with E-state index in [1.54, 1.807) is 6.07 Å². The molecule has 1 N–H and O–H groups in total. The molecule has 0 saturated heterocycles. The van der Waals surface area contributed by atoms with E-state index in [4.69, 9.17) is 16.3 Å². The van der Waals surface area contributed by atoms with Crippen molar-refractivity contribution in [1.82, 2.24) is 5.32 Å². The van der Waals surface area contributed by atoms with Crippen LogP contribution in [0.5, 0.6) is 5.75 Å². The number of benzene rings is 3. The molecule has 0 spiro atoms. The van der Waals surface area contributed by atoms with Crippen molar-refractivity contribution in [1.29, 1.82) is 0 Å². The molecule has 0 aliphatic carbocycles. The van der Waals surface area contributed by atoms with Crippen LogP contribution in [0.1, 0.15) is 24.5 Å². The summed E-state index contributed by atoms with van der Waals surface area (Å²) in [4.78, 5) is 12.5. The smallest absolute Gasteiger partial charge is 0.416 e. The van der Waals surface area contributed by atoms with Crippen LogP contribution in [0.3, 0.4) is 0 Å². The van der Waals surface area contributed by atoms with Gasteiger partial charge in [0.15, 0.2) is 0 Å². The minimum absolute atomic E-state index is 0.0467. The molecular formula is C26H26ClF3N2O4S. The average Bonchev–Trinajstić information content (AvgIpc) is 2.86. The van der Waals surface area contributed by atoms with Crippen molar-refractivity contribution in [2.75, 3.05) is 24.0 Å². The molecular weight excluding hydrogens is 529 g/mol. The van der Waals surface area contributed by atoms with Crippen LogP contribution in [0.2, 0.25) is 5.02 Å². The number of carbonyl (C=O) groups excluding carboxylic acids is 1. The molecule has 0 unspecified atom stereocenters. The van der Waals surface area contributed by atoms with Crippen molar-refractivity contribution < 1.29 is 31.1 Å². The van der Waals surface area contributed by atoms with Crippen LogP contribution in [0.25, 0.3) is 0 Å². The molecule has 6 nitrogen and oxygen atoms in total. The summed E-state index contributed by atoms with van der Waals surface area (Å²) in [6, 6.07) is 16.9. The van der Waals surface area contributed by atoms with E-state index in [0.717, 1.165) is 25.0 Å². The zero-order valence-corrected chi connectivity index (χ0v) is 21.5. The first-order valence-corrected chi connectivity index (χ1v) is 13.3. The second-order valence-corrected chi connectivity index (χ2v) is 10.4. The SMILES string of the molecule is CCCc1ccc(OCCNC(=O)CN(c2cc(C(F)(F)F)ccc2Cl)S(=O)(=O)c2ccccc2)cc1. The predicted octanol–water partition coefficient (Wildman–Crippen LogP) is 5.70. The fourth-order valence-corrected chi connectivity index (χ4v) is 5.21. The van der Waals surface area contributed by atoms with Gasteiger partial charge in [0, 0.05) is 0 Å². The largest absolute Gasteiger partial charge is 0.492 e. The number of amides is 1. The van der Waals surface area contributed by atoms with E-state index in [0.29, 0.717) is 16.1 Å². The maximum absolute atomic E-state index is 13.4. The van der Waals surface area contributed by atoms with Crippen molar-refractivity contribution >= 4 is 33.2 Å². The summed E-state index contributed by atoms with van der Waals surface area (Å²) in [7, 11) is -4.43. The Labute approximate surface area is 219 Å². The van der Waals surface area contributed by atoms with Crippen molar-refractivity contribution in [3.8, 4) is 5.75 Å². The molecule has 0 aliphatic heterocycles. The first kappa shape index (κ1) is 28.3. The molecule has 0 atom stereocenters. The first-order valence-electron chi connectivity index (χ1n) is 11.5. The molecule has 0 heterocycles. The Bertz CT molecular complexity index is 1300. The molecule has 198 valence electrons. The van der Waals surface area contributed by atoms with E-state index in [2.05, 4.69) is 12.2 Å². The highest BCUT2D eigenvalue weighted by atomic mass is 35.5. The van der Waals surface area contributed by atoms with Crippen molar-refractivity contribution in [3.63, 3.8) is 0 Å². The lowest BCUT2D eigenvalue weighted by molar-refractivity contribution is -0.137. The van der Waals surface area contributed by atoms with Gasteiger partial charge in [0.05, 0.1) is 27.7 Å². The number of carbonyl (C=O) groups is 1. The number of halogens is 4. The van der Waals surface area contributed by atoms with Crippen LogP contribution in [-0.2, 0) is 27.4 Å². The Kier molecular flexibility index (Phi) is 9.45. The molecule has 3 rings (SSSR count). The lowest BCUT2D eigenvalue weighted by atomic mass is 10.1. The number of hydrogen-bond donors (Lipinski definition) is 1. The standard InChI is InChI=1S/C26H26ClF3N2O4S/c1-2-6-19-9-12-21(13-10-19)36-16-15-31-25(33)18-32(37(34,35)22-7-4-3-5-8-22)24-17-20(26(28,29)30)11-14-23(24)27/h3-5,7-14,17H,2,6,15-16,18H2,1H3,(H,31,33). The number of nitrogens with zero attached hydrogens (tertiary/aromatic N) is 1. The maximum atomic E-state index is 13.4. The molecule has 37 heavy (non-hydrogen) atoms. The van der Waals surface area contributed by atoms with Gasteiger partial charge < -0.3 is 10.1 Å². The summed E-state index contributed by atoms with van der Waals surface area (Å²) in [6.45, 7) is 1.45. The van der Waals surface area contributed by atoms with Crippen LogP contribution in [0.15, 0.2) is 77.7 Å². The van der Waals surface area contributed by atoms with Gasteiger partial charge in [-0.3, -0.25) is 9.10 Å². The minimum atomic E-state index is -4.74. The van der Waals surface area contributed by atoms with Gasteiger partial charge in [-0.25, -0.2) is 8.42 Å². The molecule has 0 saturated carbocycles. The molecule has 0 radical (unpaired) electrons. The van der Waals surface area contributed by atoms with Gasteiger partial charge in [-0.2, -0.15) is 13.2 Å². The molecule has 0 fully saturated rings. The fraction of sp³-hybridized carbons (Fsp3) is 0.269. The highest BCUT2D eigenvalue weighted by Crippen LogP contribution is 2.37. The zero-order chi connectivity index (χ0) is 27.1. The summed E-state index contributed by atoms with van der Waals surface area (Å²) in [5, 5.41) is 2.28. The number of anilines is 1. The van der Waals surface area contributed by atoms with Crippen molar-refractivity contribution in [2.24, 2.45) is 0 Å². The number of nitrogens with one attached hydrogen (secondary N) is 1. The highest BCUT2D eigenvalue weighted by molar-refractivity contribution is 7.92. The van der Waals surface area contributed by atoms with E-state index < -0.39 is 39.9 Å². The van der Waals surface area contributed by atoms with Crippen LogP contribution < -0.4 is 14.4 Å². The second kappa shape index (κ2) is 12.3. The summed E-state index contributed by atoms with van der Waals surface area (Å²) in [5.41, 5.74) is -0.381. The third kappa shape index (κ3) is 7.62. The van der Waals surface area contributed by atoms with E-state index >= 15 is 0 Å². The Morgan fingerprint density at radius 3 is 2.32 bits per heavy atom. The maximum Gasteiger partial charge on any atom is 0.416 e. The molecule has 0 bridgehead atoms. The lowest BCUT2D eigenvalue weighted by Crippen LogP contribution is -2.42.